The lowest BCUT2D eigenvalue weighted by Gasteiger charge is -2.39. The van der Waals surface area contributed by atoms with Crippen molar-refractivity contribution in [2.75, 3.05) is 5.32 Å². The van der Waals surface area contributed by atoms with Crippen LogP contribution >= 0.6 is 15.9 Å². The monoisotopic (exact) mass is 348 g/mol. The summed E-state index contributed by atoms with van der Waals surface area (Å²) >= 11 is 3.42. The molecule has 1 aromatic carbocycles. The van der Waals surface area contributed by atoms with Gasteiger partial charge in [-0.1, -0.05) is 43.1 Å². The molecule has 2 nitrogen and oxygen atoms in total. The molecule has 1 aliphatic carbocycles. The molecule has 0 unspecified atom stereocenters. The molecular formula is C18H25BrN2. The molecule has 0 aliphatic heterocycles. The number of rotatable bonds is 4. The number of hydrogen-bond donors (Lipinski definition) is 1. The predicted molar refractivity (Wildman–Crippen MR) is 92.3 cm³/mol. The first-order valence-corrected chi connectivity index (χ1v) is 8.71. The molecule has 1 N–H and O–H groups in total. The lowest BCUT2D eigenvalue weighted by atomic mass is 9.69. The van der Waals surface area contributed by atoms with Gasteiger partial charge >= 0.3 is 0 Å². The molecule has 0 atom stereocenters. The number of nitrogens with one attached hydrogen (secondary N) is 1. The molecule has 0 saturated heterocycles. The third-order valence-electron chi connectivity index (χ3n) is 5.21. The van der Waals surface area contributed by atoms with Crippen LogP contribution in [0.3, 0.4) is 0 Å². The summed E-state index contributed by atoms with van der Waals surface area (Å²) in [6.45, 7) is 7.09. The molecule has 114 valence electrons. The SMILES string of the molecule is CCC(C)(C)C1CCC(Nc2ccc(Br)cc2C#N)CC1. The minimum absolute atomic E-state index is 0.459. The molecule has 0 bridgehead atoms. The fourth-order valence-corrected chi connectivity index (χ4v) is 3.62. The summed E-state index contributed by atoms with van der Waals surface area (Å²) in [5.74, 6) is 0.834. The second-order valence-corrected chi connectivity index (χ2v) is 7.75. The Morgan fingerprint density at radius 3 is 2.52 bits per heavy atom. The first-order valence-electron chi connectivity index (χ1n) is 7.92. The molecule has 0 aromatic heterocycles. The Bertz CT molecular complexity index is 523. The third kappa shape index (κ3) is 4.01. The highest BCUT2D eigenvalue weighted by Crippen LogP contribution is 2.41. The Labute approximate surface area is 137 Å². The fraction of sp³-hybridized carbons (Fsp3) is 0.611. The van der Waals surface area contributed by atoms with Crippen molar-refractivity contribution < 1.29 is 0 Å². The average Bonchev–Trinajstić information content (AvgIpc) is 2.49. The van der Waals surface area contributed by atoms with Crippen LogP contribution in [0.1, 0.15) is 58.4 Å². The summed E-state index contributed by atoms with van der Waals surface area (Å²) in [5, 5.41) is 12.8. The number of anilines is 1. The van der Waals surface area contributed by atoms with Gasteiger partial charge in [0.25, 0.3) is 0 Å². The van der Waals surface area contributed by atoms with Crippen molar-refractivity contribution >= 4 is 21.6 Å². The molecule has 3 heteroatoms. The maximum absolute atomic E-state index is 9.24. The van der Waals surface area contributed by atoms with Gasteiger partial charge < -0.3 is 5.32 Å². The van der Waals surface area contributed by atoms with Crippen LogP contribution in [0.5, 0.6) is 0 Å². The van der Waals surface area contributed by atoms with Gasteiger partial charge in [0.1, 0.15) is 6.07 Å². The molecule has 0 spiro atoms. The van der Waals surface area contributed by atoms with Gasteiger partial charge in [0.15, 0.2) is 0 Å². The van der Waals surface area contributed by atoms with E-state index in [1.807, 2.05) is 18.2 Å². The van der Waals surface area contributed by atoms with Gasteiger partial charge in [0.05, 0.1) is 11.3 Å². The minimum Gasteiger partial charge on any atom is -0.381 e. The van der Waals surface area contributed by atoms with Gasteiger partial charge in [-0.2, -0.15) is 5.26 Å². The molecule has 1 fully saturated rings. The minimum atomic E-state index is 0.459. The number of halogens is 1. The molecule has 21 heavy (non-hydrogen) atoms. The summed E-state index contributed by atoms with van der Waals surface area (Å²) in [5.41, 5.74) is 2.15. The first-order chi connectivity index (χ1) is 9.96. The highest BCUT2D eigenvalue weighted by atomic mass is 79.9. The quantitative estimate of drug-likeness (QED) is 0.754. The van der Waals surface area contributed by atoms with Gasteiger partial charge in [-0.15, -0.1) is 0 Å². The maximum Gasteiger partial charge on any atom is 0.101 e. The number of hydrogen-bond acceptors (Lipinski definition) is 2. The Balaban J connectivity index is 1.97. The van der Waals surface area contributed by atoms with E-state index >= 15 is 0 Å². The summed E-state index contributed by atoms with van der Waals surface area (Å²) in [7, 11) is 0. The van der Waals surface area contributed by atoms with Gasteiger partial charge in [-0.25, -0.2) is 0 Å². The van der Waals surface area contributed by atoms with E-state index in [1.54, 1.807) is 0 Å². The van der Waals surface area contributed by atoms with Gasteiger partial charge in [0.2, 0.25) is 0 Å². The van der Waals surface area contributed by atoms with Gasteiger partial charge in [-0.3, -0.25) is 0 Å². The van der Waals surface area contributed by atoms with Crippen molar-refractivity contribution in [1.29, 1.82) is 5.26 Å². The normalized spacial score (nSPS) is 22.6. The van der Waals surface area contributed by atoms with E-state index < -0.39 is 0 Å². The van der Waals surface area contributed by atoms with Crippen LogP contribution in [-0.2, 0) is 0 Å². The van der Waals surface area contributed by atoms with E-state index in [0.29, 0.717) is 11.5 Å². The highest BCUT2D eigenvalue weighted by molar-refractivity contribution is 9.10. The van der Waals surface area contributed by atoms with Gasteiger partial charge in [0, 0.05) is 10.5 Å². The molecule has 0 radical (unpaired) electrons. The Morgan fingerprint density at radius 2 is 1.95 bits per heavy atom. The standard InChI is InChI=1S/C18H25BrN2/c1-4-18(2,3)14-5-8-16(9-6-14)21-17-10-7-15(19)11-13(17)12-20/h7,10-11,14,16,21H,4-6,8-9H2,1-3H3. The lowest BCUT2D eigenvalue weighted by molar-refractivity contribution is 0.147. The van der Waals surface area contributed by atoms with Crippen LogP contribution in [0.4, 0.5) is 5.69 Å². The summed E-state index contributed by atoms with van der Waals surface area (Å²) < 4.78 is 0.956. The van der Waals surface area contributed by atoms with Crippen LogP contribution in [-0.4, -0.2) is 6.04 Å². The van der Waals surface area contributed by atoms with E-state index in [9.17, 15) is 5.26 Å². The molecule has 0 amide bonds. The van der Waals surface area contributed by atoms with Crippen molar-refractivity contribution in [2.24, 2.45) is 11.3 Å². The molecular weight excluding hydrogens is 324 g/mol. The van der Waals surface area contributed by atoms with Crippen LogP contribution < -0.4 is 5.32 Å². The van der Waals surface area contributed by atoms with Crippen molar-refractivity contribution in [2.45, 2.75) is 58.9 Å². The topological polar surface area (TPSA) is 35.8 Å². The summed E-state index contributed by atoms with van der Waals surface area (Å²) in [6, 6.07) is 8.66. The van der Waals surface area contributed by atoms with Crippen molar-refractivity contribution in [3.8, 4) is 6.07 Å². The number of nitriles is 1. The van der Waals surface area contributed by atoms with E-state index in [0.717, 1.165) is 21.6 Å². The number of benzene rings is 1. The van der Waals surface area contributed by atoms with Gasteiger partial charge in [-0.05, 0) is 55.2 Å². The van der Waals surface area contributed by atoms with Crippen LogP contribution in [0, 0.1) is 22.7 Å². The van der Waals surface area contributed by atoms with E-state index in [4.69, 9.17) is 0 Å². The average molecular weight is 349 g/mol. The second-order valence-electron chi connectivity index (χ2n) is 6.84. The third-order valence-corrected chi connectivity index (χ3v) is 5.70. The van der Waals surface area contributed by atoms with E-state index in [1.165, 1.54) is 32.1 Å². The zero-order valence-corrected chi connectivity index (χ0v) is 14.8. The lowest BCUT2D eigenvalue weighted by Crippen LogP contribution is -2.32. The van der Waals surface area contributed by atoms with Crippen LogP contribution in [0.15, 0.2) is 22.7 Å². The Morgan fingerprint density at radius 1 is 1.29 bits per heavy atom. The molecule has 0 heterocycles. The number of nitrogens with zero attached hydrogens (tertiary/aromatic N) is 1. The fourth-order valence-electron chi connectivity index (χ4n) is 3.26. The largest absolute Gasteiger partial charge is 0.381 e. The maximum atomic E-state index is 9.24. The molecule has 2 rings (SSSR count). The summed E-state index contributed by atoms with van der Waals surface area (Å²) in [4.78, 5) is 0. The van der Waals surface area contributed by atoms with Crippen molar-refractivity contribution in [3.63, 3.8) is 0 Å². The highest BCUT2D eigenvalue weighted by Gasteiger charge is 2.31. The molecule has 1 aromatic rings. The van der Waals surface area contributed by atoms with Crippen molar-refractivity contribution in [1.82, 2.24) is 0 Å². The zero-order valence-electron chi connectivity index (χ0n) is 13.2. The van der Waals surface area contributed by atoms with E-state index in [2.05, 4.69) is 48.1 Å². The molecule has 1 aliphatic rings. The van der Waals surface area contributed by atoms with Crippen LogP contribution in [0.2, 0.25) is 0 Å². The summed E-state index contributed by atoms with van der Waals surface area (Å²) in [6.07, 6.45) is 6.24. The first kappa shape index (κ1) is 16.4. The Kier molecular flexibility index (Phi) is 5.32. The predicted octanol–water partition coefficient (Wildman–Crippen LogP) is 5.73. The van der Waals surface area contributed by atoms with E-state index in [-0.39, 0.29) is 0 Å². The molecule has 1 saturated carbocycles. The second kappa shape index (κ2) is 6.83. The zero-order chi connectivity index (χ0) is 15.5. The van der Waals surface area contributed by atoms with Crippen molar-refractivity contribution in [3.05, 3.63) is 28.2 Å². The smallest absolute Gasteiger partial charge is 0.101 e. The van der Waals surface area contributed by atoms with Crippen LogP contribution in [0.25, 0.3) is 0 Å². The Hall–Kier alpha value is -1.01.